The van der Waals surface area contributed by atoms with Crippen LogP contribution in [0.4, 0.5) is 9.59 Å². The molecule has 0 spiro atoms. The smallest absolute Gasteiger partial charge is 0.419 e. The van der Waals surface area contributed by atoms with Gasteiger partial charge in [-0.3, -0.25) is 4.68 Å². The Morgan fingerprint density at radius 3 is 2.08 bits per heavy atom. The predicted octanol–water partition coefficient (Wildman–Crippen LogP) is 6.56. The molecule has 0 radical (unpaired) electrons. The summed E-state index contributed by atoms with van der Waals surface area (Å²) in [4.78, 5) is 26.8. The summed E-state index contributed by atoms with van der Waals surface area (Å²) in [5, 5.41) is 5.08. The van der Waals surface area contributed by atoms with Gasteiger partial charge in [-0.2, -0.15) is 5.10 Å². The first-order chi connectivity index (χ1) is 16.8. The summed E-state index contributed by atoms with van der Waals surface area (Å²) in [6, 6.07) is 0.282. The molecule has 1 heterocycles. The van der Waals surface area contributed by atoms with Crippen LogP contribution in [0.2, 0.25) is 0 Å². The van der Waals surface area contributed by atoms with E-state index in [9.17, 15) is 9.59 Å². The summed E-state index contributed by atoms with van der Waals surface area (Å²) < 4.78 is 19.1. The molecular formula is C28H45N3O5. The second-order valence-electron chi connectivity index (χ2n) is 13.0. The van der Waals surface area contributed by atoms with E-state index in [1.165, 1.54) is 36.9 Å². The van der Waals surface area contributed by atoms with Crippen molar-refractivity contribution in [1.82, 2.24) is 14.7 Å². The molecule has 2 atom stereocenters. The minimum atomic E-state index is -0.691. The molecule has 2 amide bonds. The largest absolute Gasteiger partial charge is 0.443 e. The number of nitrogens with zero attached hydrogens (tertiary/aromatic N) is 3. The monoisotopic (exact) mass is 503 g/mol. The van der Waals surface area contributed by atoms with Crippen molar-refractivity contribution >= 4 is 12.2 Å². The van der Waals surface area contributed by atoms with Gasteiger partial charge in [-0.1, -0.05) is 12.8 Å². The summed E-state index contributed by atoms with van der Waals surface area (Å²) >= 11 is 0. The molecule has 0 aliphatic heterocycles. The van der Waals surface area contributed by atoms with Crippen molar-refractivity contribution in [2.24, 2.45) is 5.92 Å². The lowest BCUT2D eigenvalue weighted by Crippen LogP contribution is -2.47. The van der Waals surface area contributed by atoms with E-state index in [0.717, 1.165) is 30.6 Å². The Balaban J connectivity index is 1.43. The second kappa shape index (κ2) is 10.3. The topological polar surface area (TPSA) is 82.9 Å². The number of hydrogen-bond donors (Lipinski definition) is 0. The predicted molar refractivity (Wildman–Crippen MR) is 137 cm³/mol. The fourth-order valence-electron chi connectivity index (χ4n) is 5.48. The van der Waals surface area contributed by atoms with E-state index in [0.29, 0.717) is 11.8 Å². The van der Waals surface area contributed by atoms with Gasteiger partial charge in [0.05, 0.1) is 17.8 Å². The van der Waals surface area contributed by atoms with Crippen LogP contribution in [0.5, 0.6) is 0 Å². The lowest BCUT2D eigenvalue weighted by Gasteiger charge is -2.38. The SMILES string of the molecule is COC1CCCCC1c1cn([C@H]2C[C@H](CN(C(=O)OC(C)(C)C)C(=O)OC(C)(C)C)C2)nc1C1CC1. The maximum atomic E-state index is 12.9. The molecule has 1 aromatic rings. The number of rotatable bonds is 6. The van der Waals surface area contributed by atoms with Crippen molar-refractivity contribution in [3.8, 4) is 0 Å². The number of ether oxygens (including phenoxy) is 3. The number of aromatic nitrogens is 2. The van der Waals surface area contributed by atoms with Crippen LogP contribution in [-0.2, 0) is 14.2 Å². The first-order valence-electron chi connectivity index (χ1n) is 13.7. The van der Waals surface area contributed by atoms with E-state index in [-0.39, 0.29) is 24.6 Å². The van der Waals surface area contributed by atoms with Crippen LogP contribution in [0.15, 0.2) is 6.20 Å². The van der Waals surface area contributed by atoms with E-state index in [1.807, 2.05) is 7.11 Å². The van der Waals surface area contributed by atoms with Gasteiger partial charge < -0.3 is 14.2 Å². The number of amides is 2. The Bertz CT molecular complexity index is 906. The third-order valence-electron chi connectivity index (χ3n) is 7.41. The summed E-state index contributed by atoms with van der Waals surface area (Å²) in [6.07, 6.45) is 10.2. The van der Waals surface area contributed by atoms with Gasteiger partial charge in [-0.05, 0) is 91.5 Å². The minimum Gasteiger partial charge on any atom is -0.443 e. The van der Waals surface area contributed by atoms with E-state index in [1.54, 1.807) is 41.5 Å². The fraction of sp³-hybridized carbons (Fsp3) is 0.821. The van der Waals surface area contributed by atoms with Crippen molar-refractivity contribution in [1.29, 1.82) is 0 Å². The van der Waals surface area contributed by atoms with E-state index < -0.39 is 23.4 Å². The molecule has 3 fully saturated rings. The standard InChI is InChI=1S/C28H45N3O5/c1-27(2,3)35-25(32)30(26(33)36-28(4,5)6)16-18-14-20(15-18)31-17-22(24(29-31)19-12-13-19)21-10-8-9-11-23(21)34-7/h17-21,23H,8-16H2,1-7H3/t18-,20-,21?,23?. The van der Waals surface area contributed by atoms with Crippen LogP contribution in [0, 0.1) is 5.92 Å². The Kier molecular flexibility index (Phi) is 7.75. The zero-order valence-electron chi connectivity index (χ0n) is 23.2. The molecule has 8 nitrogen and oxygen atoms in total. The molecular weight excluding hydrogens is 458 g/mol. The van der Waals surface area contributed by atoms with Crippen LogP contribution in [-0.4, -0.2) is 57.8 Å². The first-order valence-corrected chi connectivity index (χ1v) is 13.7. The van der Waals surface area contributed by atoms with Crippen molar-refractivity contribution in [2.75, 3.05) is 13.7 Å². The molecule has 3 aliphatic carbocycles. The van der Waals surface area contributed by atoms with Gasteiger partial charge >= 0.3 is 12.2 Å². The fourth-order valence-corrected chi connectivity index (χ4v) is 5.48. The van der Waals surface area contributed by atoms with Crippen molar-refractivity contribution in [3.63, 3.8) is 0 Å². The van der Waals surface area contributed by atoms with Gasteiger partial charge in [0.25, 0.3) is 0 Å². The van der Waals surface area contributed by atoms with E-state index in [4.69, 9.17) is 19.3 Å². The molecule has 0 saturated heterocycles. The van der Waals surface area contributed by atoms with E-state index >= 15 is 0 Å². The summed E-state index contributed by atoms with van der Waals surface area (Å²) in [5.74, 6) is 1.21. The first kappa shape index (κ1) is 27.0. The van der Waals surface area contributed by atoms with Crippen LogP contribution in [0.1, 0.15) is 122 Å². The maximum Gasteiger partial charge on any atom is 0.419 e. The van der Waals surface area contributed by atoms with Crippen LogP contribution < -0.4 is 0 Å². The summed E-state index contributed by atoms with van der Waals surface area (Å²) in [5.41, 5.74) is 1.28. The average molecular weight is 504 g/mol. The summed E-state index contributed by atoms with van der Waals surface area (Å²) in [7, 11) is 1.84. The molecule has 202 valence electrons. The number of carbonyl (C=O) groups is 2. The highest BCUT2D eigenvalue weighted by Crippen LogP contribution is 2.47. The Morgan fingerprint density at radius 2 is 1.56 bits per heavy atom. The lowest BCUT2D eigenvalue weighted by molar-refractivity contribution is -0.00642. The van der Waals surface area contributed by atoms with Crippen molar-refractivity contribution in [2.45, 2.75) is 128 Å². The van der Waals surface area contributed by atoms with Gasteiger partial charge in [-0.25, -0.2) is 14.5 Å². The molecule has 0 aromatic carbocycles. The Morgan fingerprint density at radius 1 is 0.972 bits per heavy atom. The molecule has 8 heteroatoms. The van der Waals surface area contributed by atoms with Gasteiger partial charge in [0.2, 0.25) is 0 Å². The van der Waals surface area contributed by atoms with Crippen LogP contribution >= 0.6 is 0 Å². The lowest BCUT2D eigenvalue weighted by atomic mass is 9.79. The molecule has 4 rings (SSSR count). The normalized spacial score (nSPS) is 26.8. The molecule has 36 heavy (non-hydrogen) atoms. The zero-order valence-corrected chi connectivity index (χ0v) is 23.2. The second-order valence-corrected chi connectivity index (χ2v) is 13.0. The number of methoxy groups -OCH3 is 1. The highest BCUT2D eigenvalue weighted by atomic mass is 16.6. The van der Waals surface area contributed by atoms with Gasteiger partial charge in [0.15, 0.2) is 0 Å². The minimum absolute atomic E-state index is 0.188. The molecule has 3 aliphatic rings. The van der Waals surface area contributed by atoms with Crippen molar-refractivity contribution < 1.29 is 23.8 Å². The maximum absolute atomic E-state index is 12.9. The highest BCUT2D eigenvalue weighted by molar-refractivity contribution is 5.88. The summed E-state index contributed by atoms with van der Waals surface area (Å²) in [6.45, 7) is 11.1. The average Bonchev–Trinajstić information content (AvgIpc) is 3.49. The third-order valence-corrected chi connectivity index (χ3v) is 7.41. The molecule has 0 bridgehead atoms. The highest BCUT2D eigenvalue weighted by Gasteiger charge is 2.41. The quantitative estimate of drug-likeness (QED) is 0.437. The molecule has 2 unspecified atom stereocenters. The number of carbonyl (C=O) groups excluding carboxylic acids is 2. The van der Waals surface area contributed by atoms with Crippen LogP contribution in [0.25, 0.3) is 0 Å². The number of hydrogen-bond acceptors (Lipinski definition) is 6. The van der Waals surface area contributed by atoms with Crippen molar-refractivity contribution in [3.05, 3.63) is 17.5 Å². The third kappa shape index (κ3) is 6.61. The Hall–Kier alpha value is -2.09. The van der Waals surface area contributed by atoms with E-state index in [2.05, 4.69) is 10.9 Å². The van der Waals surface area contributed by atoms with Gasteiger partial charge in [-0.15, -0.1) is 0 Å². The molecule has 1 aromatic heterocycles. The van der Waals surface area contributed by atoms with Gasteiger partial charge in [0, 0.05) is 31.7 Å². The molecule has 3 saturated carbocycles. The number of imide groups is 1. The van der Waals surface area contributed by atoms with Gasteiger partial charge in [0.1, 0.15) is 11.2 Å². The zero-order chi connectivity index (χ0) is 26.3. The van der Waals surface area contributed by atoms with Crippen LogP contribution in [0.3, 0.4) is 0 Å². The Labute approximate surface area is 216 Å². The molecule has 0 N–H and O–H groups in total.